The van der Waals surface area contributed by atoms with E-state index in [2.05, 4.69) is 32.4 Å². The van der Waals surface area contributed by atoms with Crippen LogP contribution >= 0.6 is 11.3 Å². The third-order valence-electron chi connectivity index (χ3n) is 6.00. The van der Waals surface area contributed by atoms with Crippen LogP contribution in [0.1, 0.15) is 36.6 Å². The minimum Gasteiger partial charge on any atom is -0.356 e. The number of rotatable bonds is 1. The molecule has 8 heteroatoms. The summed E-state index contributed by atoms with van der Waals surface area (Å²) in [6.07, 6.45) is 6.27. The summed E-state index contributed by atoms with van der Waals surface area (Å²) in [5, 5.41) is 6.40. The first-order valence-corrected chi connectivity index (χ1v) is 10.0. The molecule has 1 atom stereocenters. The summed E-state index contributed by atoms with van der Waals surface area (Å²) >= 11 is 1.80. The molecule has 136 valence electrons. The summed E-state index contributed by atoms with van der Waals surface area (Å²) in [6, 6.07) is -0.381. The number of imide groups is 1. The molecule has 0 saturated carbocycles. The number of fused-ring (bicyclic) bond motifs is 3. The number of aromatic nitrogens is 2. The molecular formula is C18H21N5O2S. The summed E-state index contributed by atoms with van der Waals surface area (Å²) < 4.78 is 0. The first-order chi connectivity index (χ1) is 12.6. The van der Waals surface area contributed by atoms with Crippen LogP contribution < -0.4 is 15.5 Å². The van der Waals surface area contributed by atoms with Crippen LogP contribution in [0.25, 0.3) is 10.2 Å². The molecule has 1 aliphatic carbocycles. The van der Waals surface area contributed by atoms with Gasteiger partial charge in [0.1, 0.15) is 22.5 Å². The van der Waals surface area contributed by atoms with Gasteiger partial charge in [0.15, 0.2) is 0 Å². The van der Waals surface area contributed by atoms with Gasteiger partial charge in [0.05, 0.1) is 5.39 Å². The second kappa shape index (κ2) is 5.64. The topological polar surface area (TPSA) is 87.2 Å². The highest BCUT2D eigenvalue weighted by Crippen LogP contribution is 2.41. The summed E-state index contributed by atoms with van der Waals surface area (Å²) in [5.74, 6) is 1.52. The van der Waals surface area contributed by atoms with Crippen LogP contribution in [0.15, 0.2) is 6.33 Å². The number of amides is 3. The number of carbonyl (C=O) groups is 2. The molecule has 2 aromatic rings. The van der Waals surface area contributed by atoms with Gasteiger partial charge in [0, 0.05) is 18.0 Å². The van der Waals surface area contributed by atoms with E-state index in [0.717, 1.165) is 29.4 Å². The normalized spacial score (nSPS) is 24.7. The van der Waals surface area contributed by atoms with Gasteiger partial charge >= 0.3 is 6.03 Å². The second-order valence-electron chi connectivity index (χ2n) is 7.71. The van der Waals surface area contributed by atoms with Crippen LogP contribution in [0.3, 0.4) is 0 Å². The van der Waals surface area contributed by atoms with Crippen molar-refractivity contribution in [1.29, 1.82) is 0 Å². The molecule has 0 aromatic carbocycles. The van der Waals surface area contributed by atoms with Gasteiger partial charge < -0.3 is 10.2 Å². The van der Waals surface area contributed by atoms with E-state index in [1.54, 1.807) is 17.7 Å². The molecule has 2 N–H and O–H groups in total. The van der Waals surface area contributed by atoms with Crippen molar-refractivity contribution in [3.63, 3.8) is 0 Å². The van der Waals surface area contributed by atoms with Gasteiger partial charge in [-0.1, -0.05) is 6.92 Å². The highest BCUT2D eigenvalue weighted by molar-refractivity contribution is 7.19. The standard InChI is InChI=1S/C18H21N5O2S/c1-10-2-3-11-12(8-10)26-15-13(11)14(19-9-20-15)23-6-4-18(5-7-23)16(24)21-17(25)22-18/h9-10H,2-8H2,1H3,(H2,21,22,24,25). The van der Waals surface area contributed by atoms with Crippen LogP contribution in [-0.2, 0) is 17.6 Å². The fourth-order valence-corrected chi connectivity index (χ4v) is 5.82. The SMILES string of the molecule is CC1CCc2c(sc3ncnc(N4CCC5(CC4)NC(=O)NC5=O)c23)C1. The van der Waals surface area contributed by atoms with Gasteiger partial charge in [0.2, 0.25) is 0 Å². The highest BCUT2D eigenvalue weighted by atomic mass is 32.1. The molecule has 2 aliphatic heterocycles. The Bertz CT molecular complexity index is 916. The number of thiophene rings is 1. The Hall–Kier alpha value is -2.22. The number of carbonyl (C=O) groups excluding carboxylic acids is 2. The largest absolute Gasteiger partial charge is 0.356 e. The van der Waals surface area contributed by atoms with Gasteiger partial charge in [0.25, 0.3) is 5.91 Å². The van der Waals surface area contributed by atoms with Crippen molar-refractivity contribution in [2.75, 3.05) is 18.0 Å². The van der Waals surface area contributed by atoms with Crippen LogP contribution in [0.2, 0.25) is 0 Å². The van der Waals surface area contributed by atoms with E-state index < -0.39 is 5.54 Å². The van der Waals surface area contributed by atoms with E-state index in [9.17, 15) is 9.59 Å². The average Bonchev–Trinajstić information content (AvgIpc) is 3.12. The number of anilines is 1. The van der Waals surface area contributed by atoms with E-state index in [4.69, 9.17) is 0 Å². The minimum absolute atomic E-state index is 0.197. The molecular weight excluding hydrogens is 350 g/mol. The highest BCUT2D eigenvalue weighted by Gasteiger charge is 2.48. The summed E-state index contributed by atoms with van der Waals surface area (Å²) in [7, 11) is 0. The quantitative estimate of drug-likeness (QED) is 0.749. The number of urea groups is 1. The molecule has 1 unspecified atom stereocenters. The molecule has 3 amide bonds. The zero-order chi connectivity index (χ0) is 17.9. The van der Waals surface area contributed by atoms with Gasteiger partial charge in [-0.2, -0.15) is 0 Å². The summed E-state index contributed by atoms with van der Waals surface area (Å²) in [6.45, 7) is 3.70. The van der Waals surface area contributed by atoms with Crippen molar-refractivity contribution in [3.8, 4) is 0 Å². The molecule has 5 rings (SSSR count). The van der Waals surface area contributed by atoms with Crippen LogP contribution in [0, 0.1) is 5.92 Å². The van der Waals surface area contributed by atoms with Gasteiger partial charge in [-0.05, 0) is 43.6 Å². The molecule has 2 fully saturated rings. The number of hydrogen-bond donors (Lipinski definition) is 2. The Morgan fingerprint density at radius 1 is 1.27 bits per heavy atom. The lowest BCUT2D eigenvalue weighted by molar-refractivity contribution is -0.124. The van der Waals surface area contributed by atoms with Crippen LogP contribution in [0.4, 0.5) is 10.6 Å². The number of nitrogens with zero attached hydrogens (tertiary/aromatic N) is 3. The molecule has 4 heterocycles. The minimum atomic E-state index is -0.747. The molecule has 2 saturated heterocycles. The Morgan fingerprint density at radius 3 is 2.81 bits per heavy atom. The smallest absolute Gasteiger partial charge is 0.322 e. The van der Waals surface area contributed by atoms with Crippen molar-refractivity contribution in [3.05, 3.63) is 16.8 Å². The molecule has 0 radical (unpaired) electrons. The molecule has 7 nitrogen and oxygen atoms in total. The lowest BCUT2D eigenvalue weighted by Gasteiger charge is -2.37. The predicted molar refractivity (Wildman–Crippen MR) is 99.5 cm³/mol. The monoisotopic (exact) mass is 371 g/mol. The zero-order valence-electron chi connectivity index (χ0n) is 14.7. The van der Waals surface area contributed by atoms with Crippen molar-refractivity contribution in [2.24, 2.45) is 5.92 Å². The van der Waals surface area contributed by atoms with Crippen molar-refractivity contribution >= 4 is 39.3 Å². The Labute approximate surface area is 155 Å². The summed E-state index contributed by atoms with van der Waals surface area (Å²) in [5.41, 5.74) is 0.675. The lowest BCUT2D eigenvalue weighted by atomic mass is 9.87. The van der Waals surface area contributed by atoms with E-state index in [0.29, 0.717) is 25.9 Å². The van der Waals surface area contributed by atoms with Crippen molar-refractivity contribution in [2.45, 2.75) is 44.6 Å². The average molecular weight is 371 g/mol. The van der Waals surface area contributed by atoms with Gasteiger partial charge in [-0.25, -0.2) is 14.8 Å². The maximum atomic E-state index is 12.2. The third kappa shape index (κ3) is 2.31. The Balaban J connectivity index is 1.47. The fourth-order valence-electron chi connectivity index (χ4n) is 4.48. The number of nitrogens with one attached hydrogen (secondary N) is 2. The van der Waals surface area contributed by atoms with Gasteiger partial charge in [-0.15, -0.1) is 11.3 Å². The molecule has 2 aromatic heterocycles. The number of hydrogen-bond acceptors (Lipinski definition) is 6. The fraction of sp³-hybridized carbons (Fsp3) is 0.556. The Kier molecular flexibility index (Phi) is 3.47. The summed E-state index contributed by atoms with van der Waals surface area (Å²) in [4.78, 5) is 37.6. The van der Waals surface area contributed by atoms with Crippen molar-refractivity contribution < 1.29 is 9.59 Å². The molecule has 1 spiro atoms. The van der Waals surface area contributed by atoms with E-state index >= 15 is 0 Å². The molecule has 26 heavy (non-hydrogen) atoms. The first kappa shape index (κ1) is 16.0. The van der Waals surface area contributed by atoms with Crippen LogP contribution in [0.5, 0.6) is 0 Å². The molecule has 3 aliphatic rings. The van der Waals surface area contributed by atoms with Crippen LogP contribution in [-0.4, -0.2) is 40.5 Å². The maximum absolute atomic E-state index is 12.2. The Morgan fingerprint density at radius 2 is 2.08 bits per heavy atom. The van der Waals surface area contributed by atoms with E-state index in [-0.39, 0.29) is 11.9 Å². The maximum Gasteiger partial charge on any atom is 0.322 e. The first-order valence-electron chi connectivity index (χ1n) is 9.19. The van der Waals surface area contributed by atoms with Crippen molar-refractivity contribution in [1.82, 2.24) is 20.6 Å². The number of aryl methyl sites for hydroxylation is 1. The van der Waals surface area contributed by atoms with E-state index in [1.807, 2.05) is 0 Å². The second-order valence-corrected chi connectivity index (χ2v) is 8.79. The third-order valence-corrected chi connectivity index (χ3v) is 7.17. The zero-order valence-corrected chi connectivity index (χ0v) is 15.5. The van der Waals surface area contributed by atoms with Gasteiger partial charge in [-0.3, -0.25) is 10.1 Å². The number of piperidine rings is 1. The predicted octanol–water partition coefficient (Wildman–Crippen LogP) is 1.99. The lowest BCUT2D eigenvalue weighted by Crippen LogP contribution is -2.55. The van der Waals surface area contributed by atoms with E-state index in [1.165, 1.54) is 22.2 Å². The molecule has 0 bridgehead atoms.